The van der Waals surface area contributed by atoms with E-state index in [1.54, 1.807) is 24.3 Å². The average molecular weight is 469 g/mol. The van der Waals surface area contributed by atoms with Gasteiger partial charge in [-0.3, -0.25) is 19.3 Å². The number of carbonyl (C=O) groups is 3. The molecule has 0 saturated carbocycles. The van der Waals surface area contributed by atoms with Crippen LogP contribution in [0.4, 0.5) is 4.39 Å². The van der Waals surface area contributed by atoms with Gasteiger partial charge >= 0.3 is 0 Å². The number of halogens is 1. The summed E-state index contributed by atoms with van der Waals surface area (Å²) in [5.41, 5.74) is 1.73. The lowest BCUT2D eigenvalue weighted by molar-refractivity contribution is -0.145. The molecule has 0 aromatic heterocycles. The normalized spacial score (nSPS) is 19.8. The summed E-state index contributed by atoms with van der Waals surface area (Å²) >= 11 is 0. The predicted octanol–water partition coefficient (Wildman–Crippen LogP) is 2.26. The summed E-state index contributed by atoms with van der Waals surface area (Å²) in [6.45, 7) is 1.54. The van der Waals surface area contributed by atoms with Crippen molar-refractivity contribution in [1.82, 2.24) is 10.2 Å². The summed E-state index contributed by atoms with van der Waals surface area (Å²) in [6, 6.07) is 14.4. The fourth-order valence-electron chi connectivity index (χ4n) is 3.90. The van der Waals surface area contributed by atoms with Crippen LogP contribution in [0.15, 0.2) is 76.7 Å². The number of carbonyl (C=O) groups excluding carboxylic acids is 3. The monoisotopic (exact) mass is 468 g/mol. The fraction of sp³-hybridized carbons (Fsp3) is 0.208. The number of amides is 3. The van der Waals surface area contributed by atoms with Gasteiger partial charge in [0.05, 0.1) is 18.2 Å². The van der Waals surface area contributed by atoms with Crippen LogP contribution in [0.2, 0.25) is 0 Å². The molecule has 7 nitrogen and oxygen atoms in total. The van der Waals surface area contributed by atoms with Crippen molar-refractivity contribution in [3.8, 4) is 0 Å². The smallest absolute Gasteiger partial charge is 0.262 e. The highest BCUT2D eigenvalue weighted by atomic mass is 32.2. The average Bonchev–Trinajstić information content (AvgIpc) is 2.80. The molecule has 9 heteroatoms. The zero-order valence-corrected chi connectivity index (χ0v) is 18.6. The Kier molecular flexibility index (Phi) is 5.99. The quantitative estimate of drug-likeness (QED) is 0.679. The van der Waals surface area contributed by atoms with Crippen LogP contribution in [-0.2, 0) is 37.3 Å². The van der Waals surface area contributed by atoms with E-state index in [0.29, 0.717) is 5.56 Å². The highest BCUT2D eigenvalue weighted by Crippen LogP contribution is 2.35. The minimum Gasteiger partial charge on any atom is -0.347 e. The first-order valence-electron chi connectivity index (χ1n) is 10.2. The maximum atomic E-state index is 13.2. The van der Waals surface area contributed by atoms with Crippen LogP contribution in [0.25, 0.3) is 0 Å². The molecular formula is C24H21FN2O5S. The lowest BCUT2D eigenvalue weighted by Gasteiger charge is -2.34. The third kappa shape index (κ3) is 4.49. The standard InChI is InChI=1S/C24H21FN2O5S/c1-15-20-14-33(31,32)21(22(28)26-12-16-7-9-18(25)10-8-16)11-19(20)24(30)27(23(15)29)13-17-5-3-2-4-6-17/h2-11,19H,12-14H2,1H3,(H,26,28). The highest BCUT2D eigenvalue weighted by Gasteiger charge is 2.44. The molecule has 2 aliphatic rings. The summed E-state index contributed by atoms with van der Waals surface area (Å²) in [7, 11) is -4.05. The van der Waals surface area contributed by atoms with Crippen LogP contribution in [0.3, 0.4) is 0 Å². The topological polar surface area (TPSA) is 101 Å². The van der Waals surface area contributed by atoms with Gasteiger partial charge in [0.2, 0.25) is 5.91 Å². The minimum atomic E-state index is -4.05. The molecular weight excluding hydrogens is 447 g/mol. The van der Waals surface area contributed by atoms with Crippen LogP contribution in [0.1, 0.15) is 18.1 Å². The second-order valence-electron chi connectivity index (χ2n) is 7.94. The molecule has 0 aliphatic carbocycles. The minimum absolute atomic E-state index is 0.00900. The molecule has 2 aromatic carbocycles. The maximum absolute atomic E-state index is 13.2. The molecule has 33 heavy (non-hydrogen) atoms. The third-order valence-electron chi connectivity index (χ3n) is 5.73. The van der Waals surface area contributed by atoms with Crippen LogP contribution in [0.5, 0.6) is 0 Å². The Morgan fingerprint density at radius 2 is 1.73 bits per heavy atom. The highest BCUT2D eigenvalue weighted by molar-refractivity contribution is 7.96. The van der Waals surface area contributed by atoms with E-state index in [0.717, 1.165) is 16.5 Å². The Balaban J connectivity index is 1.62. The Hall–Kier alpha value is -3.59. The van der Waals surface area contributed by atoms with Gasteiger partial charge in [-0.05, 0) is 41.8 Å². The number of hydrogen-bond donors (Lipinski definition) is 1. The van der Waals surface area contributed by atoms with E-state index < -0.39 is 50.0 Å². The molecule has 1 atom stereocenters. The second kappa shape index (κ2) is 8.74. The number of nitrogens with zero attached hydrogens (tertiary/aromatic N) is 1. The Morgan fingerprint density at radius 1 is 1.06 bits per heavy atom. The van der Waals surface area contributed by atoms with Crippen LogP contribution in [-0.4, -0.2) is 36.8 Å². The van der Waals surface area contributed by atoms with Gasteiger partial charge in [-0.2, -0.15) is 0 Å². The fourth-order valence-corrected chi connectivity index (χ4v) is 5.56. The zero-order valence-electron chi connectivity index (χ0n) is 17.7. The van der Waals surface area contributed by atoms with Crippen molar-refractivity contribution in [2.45, 2.75) is 20.0 Å². The molecule has 4 rings (SSSR count). The summed E-state index contributed by atoms with van der Waals surface area (Å²) in [5, 5.41) is 2.51. The van der Waals surface area contributed by atoms with Gasteiger partial charge in [0.15, 0.2) is 9.84 Å². The molecule has 3 amide bonds. The largest absolute Gasteiger partial charge is 0.347 e. The summed E-state index contributed by atoms with van der Waals surface area (Å²) in [5.74, 6) is -3.97. The van der Waals surface area contributed by atoms with E-state index in [2.05, 4.69) is 5.32 Å². The third-order valence-corrected chi connectivity index (χ3v) is 7.41. The maximum Gasteiger partial charge on any atom is 0.262 e. The number of hydrogen-bond acceptors (Lipinski definition) is 5. The molecule has 0 fully saturated rings. The van der Waals surface area contributed by atoms with Gasteiger partial charge in [0.25, 0.3) is 11.8 Å². The predicted molar refractivity (Wildman–Crippen MR) is 118 cm³/mol. The number of nitrogens with one attached hydrogen (secondary N) is 1. The molecule has 0 spiro atoms. The van der Waals surface area contributed by atoms with Crippen LogP contribution in [0, 0.1) is 11.7 Å². The number of fused-ring (bicyclic) bond motifs is 1. The van der Waals surface area contributed by atoms with E-state index in [1.807, 2.05) is 6.07 Å². The molecule has 0 saturated heterocycles. The first kappa shape index (κ1) is 22.6. The summed E-state index contributed by atoms with van der Waals surface area (Å²) in [6.07, 6.45) is 1.13. The molecule has 0 radical (unpaired) electrons. The van der Waals surface area contributed by atoms with Gasteiger partial charge in [0.1, 0.15) is 10.7 Å². The summed E-state index contributed by atoms with van der Waals surface area (Å²) in [4.78, 5) is 39.3. The van der Waals surface area contributed by atoms with Crippen molar-refractivity contribution in [3.63, 3.8) is 0 Å². The Labute approximate surface area is 190 Å². The molecule has 1 N–H and O–H groups in total. The van der Waals surface area contributed by atoms with Crippen LogP contribution >= 0.6 is 0 Å². The van der Waals surface area contributed by atoms with Crippen molar-refractivity contribution >= 4 is 27.6 Å². The van der Waals surface area contributed by atoms with Crippen LogP contribution < -0.4 is 5.32 Å². The van der Waals surface area contributed by atoms with Gasteiger partial charge in [-0.15, -0.1) is 0 Å². The van der Waals surface area contributed by atoms with Crippen molar-refractivity contribution in [2.24, 2.45) is 5.92 Å². The van der Waals surface area contributed by atoms with E-state index in [-0.39, 0.29) is 24.2 Å². The van der Waals surface area contributed by atoms with E-state index >= 15 is 0 Å². The van der Waals surface area contributed by atoms with Crippen molar-refractivity contribution in [2.75, 3.05) is 5.75 Å². The number of benzene rings is 2. The zero-order chi connectivity index (χ0) is 23.8. The molecule has 2 aromatic rings. The first-order valence-corrected chi connectivity index (χ1v) is 11.9. The lowest BCUT2D eigenvalue weighted by Crippen LogP contribution is -2.48. The number of imide groups is 1. The van der Waals surface area contributed by atoms with E-state index in [4.69, 9.17) is 0 Å². The van der Waals surface area contributed by atoms with E-state index in [9.17, 15) is 27.2 Å². The molecule has 170 valence electrons. The van der Waals surface area contributed by atoms with E-state index in [1.165, 1.54) is 31.2 Å². The Morgan fingerprint density at radius 3 is 2.39 bits per heavy atom. The number of sulfone groups is 1. The summed E-state index contributed by atoms with van der Waals surface area (Å²) < 4.78 is 38.7. The van der Waals surface area contributed by atoms with Gasteiger partial charge in [-0.25, -0.2) is 12.8 Å². The van der Waals surface area contributed by atoms with Crippen molar-refractivity contribution < 1.29 is 27.2 Å². The number of rotatable bonds is 5. The Bertz CT molecular complexity index is 1300. The van der Waals surface area contributed by atoms with Gasteiger partial charge < -0.3 is 5.32 Å². The molecule has 2 heterocycles. The molecule has 2 aliphatic heterocycles. The van der Waals surface area contributed by atoms with Gasteiger partial charge in [0, 0.05) is 12.1 Å². The molecule has 1 unspecified atom stereocenters. The van der Waals surface area contributed by atoms with Crippen molar-refractivity contribution in [1.29, 1.82) is 0 Å². The van der Waals surface area contributed by atoms with Crippen molar-refractivity contribution in [3.05, 3.63) is 93.7 Å². The molecule has 0 bridgehead atoms. The second-order valence-corrected chi connectivity index (χ2v) is 9.90. The first-order chi connectivity index (χ1) is 15.7. The SMILES string of the molecule is CC1=C2CS(=O)(=O)C(C(=O)NCc3ccc(F)cc3)=CC2C(=O)N(Cc2ccccc2)C1=O. The lowest BCUT2D eigenvalue weighted by atomic mass is 9.89. The van der Waals surface area contributed by atoms with Gasteiger partial charge in [-0.1, -0.05) is 42.5 Å².